The Morgan fingerprint density at radius 1 is 1.40 bits per heavy atom. The zero-order valence-corrected chi connectivity index (χ0v) is 8.86. The first-order valence-electron chi connectivity index (χ1n) is 5.19. The van der Waals surface area contributed by atoms with Gasteiger partial charge in [-0.2, -0.15) is 0 Å². The molecule has 1 amide bonds. The summed E-state index contributed by atoms with van der Waals surface area (Å²) in [4.78, 5) is 21.8. The summed E-state index contributed by atoms with van der Waals surface area (Å²) >= 11 is 0. The van der Waals surface area contributed by atoms with Crippen molar-refractivity contribution in [3.63, 3.8) is 0 Å². The third kappa shape index (κ3) is 3.42. The number of amides is 1. The molecular weight excluding hydrogens is 198 g/mol. The van der Waals surface area contributed by atoms with Crippen LogP contribution in [0, 0.1) is 11.8 Å². The van der Waals surface area contributed by atoms with Crippen LogP contribution in [0.3, 0.4) is 0 Å². The van der Waals surface area contributed by atoms with Gasteiger partial charge in [0.05, 0.1) is 13.0 Å². The van der Waals surface area contributed by atoms with Crippen LogP contribution in [0.2, 0.25) is 0 Å². The second-order valence-electron chi connectivity index (χ2n) is 3.86. The van der Waals surface area contributed by atoms with E-state index in [1.165, 1.54) is 7.11 Å². The SMILES string of the molecule is COC(=O)NC[C@@H]1CCCC[C@@H]1C(=O)O. The summed E-state index contributed by atoms with van der Waals surface area (Å²) in [5.41, 5.74) is 0. The first kappa shape index (κ1) is 11.8. The van der Waals surface area contributed by atoms with E-state index >= 15 is 0 Å². The van der Waals surface area contributed by atoms with E-state index in [4.69, 9.17) is 5.11 Å². The second-order valence-corrected chi connectivity index (χ2v) is 3.86. The molecule has 0 aromatic carbocycles. The van der Waals surface area contributed by atoms with Gasteiger partial charge >= 0.3 is 12.1 Å². The van der Waals surface area contributed by atoms with E-state index in [0.717, 1.165) is 19.3 Å². The Balaban J connectivity index is 2.42. The van der Waals surface area contributed by atoms with Crippen molar-refractivity contribution in [3.05, 3.63) is 0 Å². The van der Waals surface area contributed by atoms with Crippen LogP contribution >= 0.6 is 0 Å². The van der Waals surface area contributed by atoms with Crippen LogP contribution in [-0.4, -0.2) is 30.8 Å². The molecule has 1 aliphatic carbocycles. The Morgan fingerprint density at radius 3 is 2.67 bits per heavy atom. The predicted molar refractivity (Wildman–Crippen MR) is 53.5 cm³/mol. The lowest BCUT2D eigenvalue weighted by molar-refractivity contribution is -0.144. The largest absolute Gasteiger partial charge is 0.481 e. The summed E-state index contributed by atoms with van der Waals surface area (Å²) in [5, 5.41) is 11.5. The molecule has 2 atom stereocenters. The molecule has 0 bridgehead atoms. The molecule has 5 nitrogen and oxygen atoms in total. The number of carboxylic acid groups (broad SMARTS) is 1. The van der Waals surface area contributed by atoms with Crippen molar-refractivity contribution < 1.29 is 19.4 Å². The second kappa shape index (κ2) is 5.58. The number of nitrogens with one attached hydrogen (secondary N) is 1. The van der Waals surface area contributed by atoms with Crippen molar-refractivity contribution in [3.8, 4) is 0 Å². The van der Waals surface area contributed by atoms with Gasteiger partial charge in [-0.15, -0.1) is 0 Å². The number of carboxylic acids is 1. The molecule has 0 aliphatic heterocycles. The van der Waals surface area contributed by atoms with Gasteiger partial charge in [-0.05, 0) is 18.8 Å². The van der Waals surface area contributed by atoms with Gasteiger partial charge in [0.15, 0.2) is 0 Å². The fourth-order valence-electron chi connectivity index (χ4n) is 2.06. The Morgan fingerprint density at radius 2 is 2.07 bits per heavy atom. The molecular formula is C10H17NO4. The number of carbonyl (C=O) groups excluding carboxylic acids is 1. The van der Waals surface area contributed by atoms with E-state index in [-0.39, 0.29) is 11.8 Å². The van der Waals surface area contributed by atoms with E-state index in [0.29, 0.717) is 13.0 Å². The highest BCUT2D eigenvalue weighted by atomic mass is 16.5. The predicted octanol–water partition coefficient (Wildman–Crippen LogP) is 1.23. The molecule has 1 saturated carbocycles. The monoisotopic (exact) mass is 215 g/mol. The molecule has 1 aliphatic rings. The summed E-state index contributed by atoms with van der Waals surface area (Å²) in [6.07, 6.45) is 3.08. The Bertz CT molecular complexity index is 242. The van der Waals surface area contributed by atoms with Crippen molar-refractivity contribution in [1.82, 2.24) is 5.32 Å². The number of aliphatic carboxylic acids is 1. The fraction of sp³-hybridized carbons (Fsp3) is 0.800. The summed E-state index contributed by atoms with van der Waals surface area (Å²) in [6, 6.07) is 0. The number of methoxy groups -OCH3 is 1. The van der Waals surface area contributed by atoms with Crippen LogP contribution in [0.15, 0.2) is 0 Å². The van der Waals surface area contributed by atoms with Gasteiger partial charge < -0.3 is 15.2 Å². The average Bonchev–Trinajstić information content (AvgIpc) is 2.26. The van der Waals surface area contributed by atoms with E-state index in [1.807, 2.05) is 0 Å². The van der Waals surface area contributed by atoms with Crippen LogP contribution in [0.5, 0.6) is 0 Å². The molecule has 1 fully saturated rings. The van der Waals surface area contributed by atoms with E-state index in [2.05, 4.69) is 10.1 Å². The minimum absolute atomic E-state index is 0.0374. The number of rotatable bonds is 3. The molecule has 0 radical (unpaired) electrons. The van der Waals surface area contributed by atoms with Crippen LogP contribution in [-0.2, 0) is 9.53 Å². The Labute approximate surface area is 88.8 Å². The quantitative estimate of drug-likeness (QED) is 0.742. The maximum atomic E-state index is 10.9. The fourth-order valence-corrected chi connectivity index (χ4v) is 2.06. The van der Waals surface area contributed by atoms with Gasteiger partial charge in [0.1, 0.15) is 0 Å². The summed E-state index contributed by atoms with van der Waals surface area (Å²) in [7, 11) is 1.30. The first-order chi connectivity index (χ1) is 7.15. The number of ether oxygens (including phenoxy) is 1. The molecule has 0 unspecified atom stereocenters. The Kier molecular flexibility index (Phi) is 4.39. The summed E-state index contributed by atoms with van der Waals surface area (Å²) < 4.78 is 4.44. The minimum Gasteiger partial charge on any atom is -0.481 e. The van der Waals surface area contributed by atoms with Crippen LogP contribution in [0.25, 0.3) is 0 Å². The molecule has 0 spiro atoms. The lowest BCUT2D eigenvalue weighted by Crippen LogP contribution is -2.37. The normalized spacial score (nSPS) is 25.7. The van der Waals surface area contributed by atoms with Crippen molar-refractivity contribution in [2.45, 2.75) is 25.7 Å². The highest BCUT2D eigenvalue weighted by Gasteiger charge is 2.30. The number of carbonyl (C=O) groups is 2. The zero-order valence-electron chi connectivity index (χ0n) is 8.86. The third-order valence-corrected chi connectivity index (χ3v) is 2.92. The molecule has 5 heteroatoms. The number of hydrogen-bond donors (Lipinski definition) is 2. The summed E-state index contributed by atoms with van der Waals surface area (Å²) in [5.74, 6) is -1.04. The van der Waals surface area contributed by atoms with Crippen molar-refractivity contribution in [1.29, 1.82) is 0 Å². The van der Waals surface area contributed by atoms with Gasteiger partial charge in [-0.1, -0.05) is 12.8 Å². The standard InChI is InChI=1S/C10H17NO4/c1-15-10(14)11-6-7-4-2-3-5-8(7)9(12)13/h7-8H,2-6H2,1H3,(H,11,14)(H,12,13)/t7-,8-/m0/s1. The van der Waals surface area contributed by atoms with Crippen molar-refractivity contribution in [2.24, 2.45) is 11.8 Å². The molecule has 86 valence electrons. The third-order valence-electron chi connectivity index (χ3n) is 2.92. The van der Waals surface area contributed by atoms with Gasteiger partial charge in [0.25, 0.3) is 0 Å². The van der Waals surface area contributed by atoms with Crippen LogP contribution in [0.1, 0.15) is 25.7 Å². The maximum absolute atomic E-state index is 10.9. The van der Waals surface area contributed by atoms with E-state index < -0.39 is 12.1 Å². The van der Waals surface area contributed by atoms with E-state index in [1.54, 1.807) is 0 Å². The molecule has 0 aromatic heterocycles. The molecule has 1 rings (SSSR count). The molecule has 0 heterocycles. The lowest BCUT2D eigenvalue weighted by atomic mass is 9.79. The van der Waals surface area contributed by atoms with Crippen molar-refractivity contribution >= 4 is 12.1 Å². The lowest BCUT2D eigenvalue weighted by Gasteiger charge is -2.28. The molecule has 0 aromatic rings. The van der Waals surface area contributed by atoms with Gasteiger partial charge in [-0.3, -0.25) is 4.79 Å². The average molecular weight is 215 g/mol. The molecule has 0 saturated heterocycles. The van der Waals surface area contributed by atoms with Crippen LogP contribution in [0.4, 0.5) is 4.79 Å². The van der Waals surface area contributed by atoms with Crippen molar-refractivity contribution in [2.75, 3.05) is 13.7 Å². The summed E-state index contributed by atoms with van der Waals surface area (Å²) in [6.45, 7) is 0.393. The number of alkyl carbamates (subject to hydrolysis) is 1. The van der Waals surface area contributed by atoms with Crippen LogP contribution < -0.4 is 5.32 Å². The molecule has 2 N–H and O–H groups in total. The van der Waals surface area contributed by atoms with E-state index in [9.17, 15) is 9.59 Å². The van der Waals surface area contributed by atoms with Gasteiger partial charge in [0, 0.05) is 6.54 Å². The Hall–Kier alpha value is -1.26. The number of hydrogen-bond acceptors (Lipinski definition) is 3. The maximum Gasteiger partial charge on any atom is 0.406 e. The smallest absolute Gasteiger partial charge is 0.406 e. The van der Waals surface area contributed by atoms with Gasteiger partial charge in [-0.25, -0.2) is 4.79 Å². The highest BCUT2D eigenvalue weighted by molar-refractivity contribution is 5.71. The highest BCUT2D eigenvalue weighted by Crippen LogP contribution is 2.29. The zero-order chi connectivity index (χ0) is 11.3. The first-order valence-corrected chi connectivity index (χ1v) is 5.19. The minimum atomic E-state index is -0.758. The topological polar surface area (TPSA) is 75.6 Å². The molecule has 15 heavy (non-hydrogen) atoms. The van der Waals surface area contributed by atoms with Gasteiger partial charge in [0.2, 0.25) is 0 Å².